The van der Waals surface area contributed by atoms with Crippen LogP contribution in [0.15, 0.2) is 48.5 Å². The first kappa shape index (κ1) is 18.4. The molecule has 4 nitrogen and oxygen atoms in total. The first-order chi connectivity index (χ1) is 12.4. The van der Waals surface area contributed by atoms with Gasteiger partial charge in [-0.2, -0.15) is 5.10 Å². The monoisotopic (exact) mass is 384 g/mol. The summed E-state index contributed by atoms with van der Waals surface area (Å²) in [5, 5.41) is 12.2. The van der Waals surface area contributed by atoms with Crippen LogP contribution in [-0.4, -0.2) is 14.9 Å². The Kier molecular flexibility index (Phi) is 5.59. The second-order valence-corrected chi connectivity index (χ2v) is 7.13. The maximum atomic E-state index is 6.01. The number of anilines is 2. The molecule has 3 rings (SSSR count). The number of rotatable bonds is 4. The van der Waals surface area contributed by atoms with E-state index in [0.29, 0.717) is 10.1 Å². The number of nitrogens with one attached hydrogen (secondary N) is 2. The molecule has 6 heteroatoms. The Hall–Kier alpha value is -2.37. The van der Waals surface area contributed by atoms with Crippen LogP contribution in [0.25, 0.3) is 0 Å². The Morgan fingerprint density at radius 2 is 1.85 bits per heavy atom. The number of hydrogen-bond donors (Lipinski definition) is 2. The molecular formula is C20H21ClN4S. The number of halogens is 1. The standard InChI is InChI=1S/C20H21ClN4S/c1-13-6-4-7-16(10-13)12-25-15(3)19(14(2)24-25)23-20(26)22-18-9-5-8-17(21)11-18/h4-11H,12H2,1-3H3,(H2,22,23,26). The Morgan fingerprint density at radius 3 is 2.58 bits per heavy atom. The number of nitrogens with zero attached hydrogens (tertiary/aromatic N) is 2. The first-order valence-electron chi connectivity index (χ1n) is 8.35. The maximum absolute atomic E-state index is 6.01. The second-order valence-electron chi connectivity index (χ2n) is 6.28. The van der Waals surface area contributed by atoms with Gasteiger partial charge in [-0.3, -0.25) is 4.68 Å². The number of hydrogen-bond acceptors (Lipinski definition) is 2. The van der Waals surface area contributed by atoms with Crippen LogP contribution < -0.4 is 10.6 Å². The molecule has 0 amide bonds. The highest BCUT2D eigenvalue weighted by Crippen LogP contribution is 2.22. The Labute approximate surface area is 164 Å². The van der Waals surface area contributed by atoms with Gasteiger partial charge in [0.15, 0.2) is 5.11 Å². The predicted octanol–water partition coefficient (Wildman–Crippen LogP) is 5.32. The summed E-state index contributed by atoms with van der Waals surface area (Å²) in [6, 6.07) is 15.9. The topological polar surface area (TPSA) is 41.9 Å². The molecule has 0 aliphatic heterocycles. The van der Waals surface area contributed by atoms with E-state index in [1.807, 2.05) is 42.8 Å². The number of aryl methyl sites for hydroxylation is 2. The molecule has 134 valence electrons. The van der Waals surface area contributed by atoms with Crippen LogP contribution >= 0.6 is 23.8 Å². The number of benzene rings is 2. The Morgan fingerprint density at radius 1 is 1.08 bits per heavy atom. The lowest BCUT2D eigenvalue weighted by Gasteiger charge is -2.11. The lowest BCUT2D eigenvalue weighted by atomic mass is 10.1. The van der Waals surface area contributed by atoms with E-state index in [0.717, 1.165) is 29.3 Å². The molecule has 2 aromatic carbocycles. The van der Waals surface area contributed by atoms with E-state index in [1.165, 1.54) is 11.1 Å². The molecule has 0 radical (unpaired) electrons. The third-order valence-electron chi connectivity index (χ3n) is 4.12. The lowest BCUT2D eigenvalue weighted by molar-refractivity contribution is 0.659. The molecule has 2 N–H and O–H groups in total. The van der Waals surface area contributed by atoms with Crippen molar-refractivity contribution in [2.24, 2.45) is 0 Å². The fourth-order valence-electron chi connectivity index (χ4n) is 2.86. The molecular weight excluding hydrogens is 364 g/mol. The van der Waals surface area contributed by atoms with E-state index >= 15 is 0 Å². The van der Waals surface area contributed by atoms with E-state index in [1.54, 1.807) is 0 Å². The van der Waals surface area contributed by atoms with Crippen molar-refractivity contribution in [1.82, 2.24) is 9.78 Å². The fraction of sp³-hybridized carbons (Fsp3) is 0.200. The van der Waals surface area contributed by atoms with Crippen LogP contribution in [0, 0.1) is 20.8 Å². The molecule has 26 heavy (non-hydrogen) atoms. The molecule has 0 saturated carbocycles. The lowest BCUT2D eigenvalue weighted by Crippen LogP contribution is -2.20. The van der Waals surface area contributed by atoms with Crippen LogP contribution in [0.1, 0.15) is 22.5 Å². The Bertz CT molecular complexity index is 949. The van der Waals surface area contributed by atoms with Crippen molar-refractivity contribution >= 4 is 40.3 Å². The molecule has 0 unspecified atom stereocenters. The normalized spacial score (nSPS) is 10.6. The van der Waals surface area contributed by atoms with Crippen LogP contribution in [0.5, 0.6) is 0 Å². The molecule has 0 atom stereocenters. The van der Waals surface area contributed by atoms with Gasteiger partial charge in [0, 0.05) is 10.7 Å². The van der Waals surface area contributed by atoms with Crippen molar-refractivity contribution in [2.45, 2.75) is 27.3 Å². The second kappa shape index (κ2) is 7.89. The highest BCUT2D eigenvalue weighted by Gasteiger charge is 2.13. The van der Waals surface area contributed by atoms with E-state index in [2.05, 4.69) is 46.9 Å². The largest absolute Gasteiger partial charge is 0.332 e. The van der Waals surface area contributed by atoms with Gasteiger partial charge in [-0.05, 0) is 56.8 Å². The van der Waals surface area contributed by atoms with Crippen LogP contribution in [-0.2, 0) is 6.54 Å². The zero-order valence-electron chi connectivity index (χ0n) is 15.0. The highest BCUT2D eigenvalue weighted by molar-refractivity contribution is 7.80. The smallest absolute Gasteiger partial charge is 0.175 e. The van der Waals surface area contributed by atoms with Gasteiger partial charge < -0.3 is 10.6 Å². The third kappa shape index (κ3) is 4.42. The minimum absolute atomic E-state index is 0.508. The first-order valence-corrected chi connectivity index (χ1v) is 9.14. The summed E-state index contributed by atoms with van der Waals surface area (Å²) in [6.45, 7) is 6.84. The summed E-state index contributed by atoms with van der Waals surface area (Å²) >= 11 is 11.4. The minimum atomic E-state index is 0.508. The van der Waals surface area contributed by atoms with E-state index in [4.69, 9.17) is 23.8 Å². The van der Waals surface area contributed by atoms with E-state index in [9.17, 15) is 0 Å². The van der Waals surface area contributed by atoms with Crippen molar-refractivity contribution < 1.29 is 0 Å². The van der Waals surface area contributed by atoms with Gasteiger partial charge in [-0.15, -0.1) is 0 Å². The molecule has 1 heterocycles. The van der Waals surface area contributed by atoms with Crippen molar-refractivity contribution in [3.63, 3.8) is 0 Å². The minimum Gasteiger partial charge on any atom is -0.332 e. The van der Waals surface area contributed by atoms with Gasteiger partial charge in [0.05, 0.1) is 23.6 Å². The summed E-state index contributed by atoms with van der Waals surface area (Å²) in [6.07, 6.45) is 0. The summed E-state index contributed by atoms with van der Waals surface area (Å²) in [7, 11) is 0. The molecule has 0 saturated heterocycles. The van der Waals surface area contributed by atoms with Crippen molar-refractivity contribution in [3.05, 3.63) is 76.1 Å². The van der Waals surface area contributed by atoms with Crippen molar-refractivity contribution in [3.8, 4) is 0 Å². The number of thiocarbonyl (C=S) groups is 1. The average molecular weight is 385 g/mol. The summed E-state index contributed by atoms with van der Waals surface area (Å²) in [4.78, 5) is 0. The van der Waals surface area contributed by atoms with Crippen LogP contribution in [0.4, 0.5) is 11.4 Å². The summed E-state index contributed by atoms with van der Waals surface area (Å²) < 4.78 is 1.99. The van der Waals surface area contributed by atoms with Crippen molar-refractivity contribution in [1.29, 1.82) is 0 Å². The van der Waals surface area contributed by atoms with E-state index < -0.39 is 0 Å². The van der Waals surface area contributed by atoms with Gasteiger partial charge in [-0.25, -0.2) is 0 Å². The van der Waals surface area contributed by atoms with Gasteiger partial charge in [-0.1, -0.05) is 47.5 Å². The Balaban J connectivity index is 1.74. The average Bonchev–Trinajstić information content (AvgIpc) is 2.82. The molecule has 0 fully saturated rings. The number of aromatic nitrogens is 2. The fourth-order valence-corrected chi connectivity index (χ4v) is 3.27. The quantitative estimate of drug-likeness (QED) is 0.597. The van der Waals surface area contributed by atoms with Crippen LogP contribution in [0.2, 0.25) is 5.02 Å². The van der Waals surface area contributed by atoms with Gasteiger partial charge in [0.1, 0.15) is 0 Å². The zero-order valence-corrected chi connectivity index (χ0v) is 16.6. The molecule has 1 aromatic heterocycles. The zero-order chi connectivity index (χ0) is 18.7. The van der Waals surface area contributed by atoms with Gasteiger partial charge >= 0.3 is 0 Å². The predicted molar refractivity (Wildman–Crippen MR) is 113 cm³/mol. The third-order valence-corrected chi connectivity index (χ3v) is 4.56. The van der Waals surface area contributed by atoms with E-state index in [-0.39, 0.29) is 0 Å². The molecule has 0 aliphatic carbocycles. The molecule has 0 aliphatic rings. The van der Waals surface area contributed by atoms with Gasteiger partial charge in [0.25, 0.3) is 0 Å². The molecule has 0 spiro atoms. The summed E-state index contributed by atoms with van der Waals surface area (Å²) in [5.74, 6) is 0. The van der Waals surface area contributed by atoms with Crippen LogP contribution in [0.3, 0.4) is 0 Å². The SMILES string of the molecule is Cc1cccc(Cn2nc(C)c(NC(=S)Nc3cccc(Cl)c3)c2C)c1. The van der Waals surface area contributed by atoms with Crippen molar-refractivity contribution in [2.75, 3.05) is 10.6 Å². The maximum Gasteiger partial charge on any atom is 0.175 e. The molecule has 0 bridgehead atoms. The highest BCUT2D eigenvalue weighted by atomic mass is 35.5. The molecule has 3 aromatic rings. The summed E-state index contributed by atoms with van der Waals surface area (Å²) in [5.41, 5.74) is 6.19. The van der Waals surface area contributed by atoms with Gasteiger partial charge in [0.2, 0.25) is 0 Å².